The van der Waals surface area contributed by atoms with Crippen LogP contribution in [0.25, 0.3) is 5.69 Å². The van der Waals surface area contributed by atoms with Gasteiger partial charge in [-0.2, -0.15) is 10.3 Å². The molecule has 0 radical (unpaired) electrons. The second kappa shape index (κ2) is 6.57. The minimum atomic E-state index is -0.956. The number of amides is 2. The highest BCUT2D eigenvalue weighted by atomic mass is 32.1. The zero-order valence-electron chi connectivity index (χ0n) is 13.5. The van der Waals surface area contributed by atoms with E-state index in [1.54, 1.807) is 6.07 Å². The molecule has 1 aliphatic rings. The zero-order valence-corrected chi connectivity index (χ0v) is 14.3. The van der Waals surface area contributed by atoms with Crippen molar-refractivity contribution in [1.29, 1.82) is 5.26 Å². The Kier molecular flexibility index (Phi) is 4.49. The minimum absolute atomic E-state index is 0.114. The summed E-state index contributed by atoms with van der Waals surface area (Å²) in [7, 11) is 0. The van der Waals surface area contributed by atoms with Crippen LogP contribution in [0, 0.1) is 25.2 Å². The lowest BCUT2D eigenvalue weighted by Gasteiger charge is -2.11. The Balaban J connectivity index is 1.99. The highest BCUT2D eigenvalue weighted by Gasteiger charge is 2.25. The number of hydrogen-bond acceptors (Lipinski definition) is 3. The van der Waals surface area contributed by atoms with Crippen LogP contribution >= 0.6 is 11.3 Å². The number of carbonyl (C=O) groups is 1. The lowest BCUT2D eigenvalue weighted by molar-refractivity contribution is 0.213. The average molecular weight is 344 g/mol. The van der Waals surface area contributed by atoms with Gasteiger partial charge in [0.05, 0.1) is 18.2 Å². The highest BCUT2D eigenvalue weighted by molar-refractivity contribution is 7.09. The van der Waals surface area contributed by atoms with Crippen LogP contribution < -0.4 is 4.80 Å². The van der Waals surface area contributed by atoms with E-state index in [9.17, 15) is 9.18 Å². The molecule has 5 nitrogen and oxygen atoms in total. The number of aryl methyl sites for hydroxylation is 2. The first-order chi connectivity index (χ1) is 11.5. The number of benzene rings is 1. The van der Waals surface area contributed by atoms with Crippen molar-refractivity contribution in [2.45, 2.75) is 26.4 Å². The number of nitrogens with zero attached hydrogens (tertiary/aromatic N) is 4. The summed E-state index contributed by atoms with van der Waals surface area (Å²) in [4.78, 5) is 19.4. The van der Waals surface area contributed by atoms with E-state index in [0.29, 0.717) is 23.3 Å². The van der Waals surface area contributed by atoms with Gasteiger partial charge in [0.1, 0.15) is 6.17 Å². The largest absolute Gasteiger partial charge is 0.346 e. The molecule has 1 aromatic heterocycles. The van der Waals surface area contributed by atoms with Gasteiger partial charge in [-0.1, -0.05) is 0 Å². The molecule has 1 aromatic carbocycles. The Morgan fingerprint density at radius 3 is 2.88 bits per heavy atom. The first kappa shape index (κ1) is 16.4. The third kappa shape index (κ3) is 3.24. The van der Waals surface area contributed by atoms with Crippen LogP contribution in [-0.2, 0) is 0 Å². The number of thiazole rings is 1. The lowest BCUT2D eigenvalue weighted by atomic mass is 10.1. The van der Waals surface area contributed by atoms with E-state index in [-0.39, 0.29) is 6.54 Å². The van der Waals surface area contributed by atoms with Crippen molar-refractivity contribution < 1.29 is 9.18 Å². The second-order valence-corrected chi connectivity index (χ2v) is 7.04. The van der Waals surface area contributed by atoms with Crippen LogP contribution in [0.3, 0.4) is 0 Å². The number of hydrogen-bond donors (Lipinski definition) is 0. The van der Waals surface area contributed by atoms with Gasteiger partial charge in [0.25, 0.3) is 0 Å². The molecule has 2 heterocycles. The van der Waals surface area contributed by atoms with E-state index in [1.807, 2.05) is 36.7 Å². The molecule has 1 aliphatic heterocycles. The summed E-state index contributed by atoms with van der Waals surface area (Å²) < 4.78 is 15.1. The monoisotopic (exact) mass is 344 g/mol. The van der Waals surface area contributed by atoms with E-state index in [2.05, 4.69) is 11.1 Å². The maximum atomic E-state index is 13.3. The zero-order chi connectivity index (χ0) is 17.3. The van der Waals surface area contributed by atoms with E-state index in [0.717, 1.165) is 16.1 Å². The normalized spacial score (nSPS) is 18.0. The molecule has 0 bridgehead atoms. The first-order valence-electron chi connectivity index (χ1n) is 7.66. The van der Waals surface area contributed by atoms with Crippen molar-refractivity contribution >= 4 is 17.4 Å². The van der Waals surface area contributed by atoms with Crippen LogP contribution in [0.1, 0.15) is 22.4 Å². The maximum absolute atomic E-state index is 13.3. The van der Waals surface area contributed by atoms with Crippen LogP contribution in [-0.4, -0.2) is 34.8 Å². The number of likely N-dealkylation sites (tertiary alicyclic amines) is 1. The Hall–Kier alpha value is -2.46. The Bertz CT molecular complexity index is 893. The van der Waals surface area contributed by atoms with Gasteiger partial charge in [-0.25, -0.2) is 9.18 Å². The number of alkyl halides is 1. The molecule has 124 valence electrons. The second-order valence-electron chi connectivity index (χ2n) is 5.83. The summed E-state index contributed by atoms with van der Waals surface area (Å²) >= 11 is 1.40. The van der Waals surface area contributed by atoms with Crippen LogP contribution in [0.5, 0.6) is 0 Å². The van der Waals surface area contributed by atoms with Gasteiger partial charge in [-0.3, -0.25) is 4.57 Å². The molecular formula is C17H17FN4OS. The Morgan fingerprint density at radius 1 is 1.46 bits per heavy atom. The first-order valence-corrected chi connectivity index (χ1v) is 8.47. The summed E-state index contributed by atoms with van der Waals surface area (Å²) in [5.41, 5.74) is 2.32. The molecule has 24 heavy (non-hydrogen) atoms. The molecule has 0 N–H and O–H groups in total. The molecule has 0 spiro atoms. The van der Waals surface area contributed by atoms with Crippen molar-refractivity contribution in [2.24, 2.45) is 4.99 Å². The molecule has 7 heteroatoms. The van der Waals surface area contributed by atoms with Gasteiger partial charge in [0.2, 0.25) is 0 Å². The molecule has 0 aliphatic carbocycles. The fraction of sp³-hybridized carbons (Fsp3) is 0.353. The molecule has 3 rings (SSSR count). The number of urea groups is 1. The lowest BCUT2D eigenvalue weighted by Crippen LogP contribution is -2.28. The van der Waals surface area contributed by atoms with Gasteiger partial charge in [0.15, 0.2) is 4.80 Å². The Morgan fingerprint density at radius 2 is 2.25 bits per heavy atom. The molecule has 0 unspecified atom stereocenters. The molecule has 1 saturated heterocycles. The molecule has 1 fully saturated rings. The summed E-state index contributed by atoms with van der Waals surface area (Å²) in [6.45, 7) is 4.33. The summed E-state index contributed by atoms with van der Waals surface area (Å²) in [5, 5.41) is 9.05. The van der Waals surface area contributed by atoms with Gasteiger partial charge >= 0.3 is 6.03 Å². The smallest absolute Gasteiger partial charge is 0.320 e. The van der Waals surface area contributed by atoms with Crippen molar-refractivity contribution in [1.82, 2.24) is 9.47 Å². The summed E-state index contributed by atoms with van der Waals surface area (Å²) in [6, 6.07) is 7.21. The van der Waals surface area contributed by atoms with Crippen LogP contribution in [0.15, 0.2) is 29.4 Å². The average Bonchev–Trinajstić information content (AvgIpc) is 3.13. The molecule has 0 saturated carbocycles. The SMILES string of the molecule is Cc1cn(-c2ccc(C#N)c(C)c2)/c(=N/C(=O)N2CC[C@@H](F)C2)s1. The number of carbonyl (C=O) groups excluding carboxylic acids is 1. The van der Waals surface area contributed by atoms with Crippen molar-refractivity contribution in [3.05, 3.63) is 45.2 Å². The standard InChI is InChI=1S/C17H17FN4OS/c1-11-7-15(4-3-13(11)8-19)22-9-12(2)24-17(22)20-16(23)21-6-5-14(18)10-21/h3-4,7,9,14H,5-6,10H2,1-2H3/b20-17-/t14-/m1/s1. The number of nitriles is 1. The summed E-state index contributed by atoms with van der Waals surface area (Å²) in [6.07, 6.45) is 1.32. The van der Waals surface area contributed by atoms with Crippen molar-refractivity contribution in [3.8, 4) is 11.8 Å². The minimum Gasteiger partial charge on any atom is -0.320 e. The number of rotatable bonds is 1. The number of halogens is 1. The van der Waals surface area contributed by atoms with Gasteiger partial charge < -0.3 is 4.90 Å². The van der Waals surface area contributed by atoms with E-state index < -0.39 is 12.2 Å². The van der Waals surface area contributed by atoms with E-state index >= 15 is 0 Å². The number of aromatic nitrogens is 1. The van der Waals surface area contributed by atoms with Crippen LogP contribution in [0.4, 0.5) is 9.18 Å². The fourth-order valence-electron chi connectivity index (χ4n) is 2.69. The molecule has 1 atom stereocenters. The van der Waals surface area contributed by atoms with Crippen LogP contribution in [0.2, 0.25) is 0 Å². The Labute approximate surface area is 143 Å². The highest BCUT2D eigenvalue weighted by Crippen LogP contribution is 2.16. The van der Waals surface area contributed by atoms with Gasteiger partial charge in [0, 0.05) is 23.3 Å². The maximum Gasteiger partial charge on any atom is 0.346 e. The van der Waals surface area contributed by atoms with Gasteiger partial charge in [-0.15, -0.1) is 11.3 Å². The van der Waals surface area contributed by atoms with E-state index in [1.165, 1.54) is 16.2 Å². The van der Waals surface area contributed by atoms with E-state index in [4.69, 9.17) is 5.26 Å². The van der Waals surface area contributed by atoms with Gasteiger partial charge in [-0.05, 0) is 44.0 Å². The van der Waals surface area contributed by atoms with Crippen molar-refractivity contribution in [3.63, 3.8) is 0 Å². The molecule has 2 aromatic rings. The summed E-state index contributed by atoms with van der Waals surface area (Å²) in [5.74, 6) is 0. The quantitative estimate of drug-likeness (QED) is 0.798. The third-order valence-corrected chi connectivity index (χ3v) is 4.87. The third-order valence-electron chi connectivity index (χ3n) is 3.97. The predicted molar refractivity (Wildman–Crippen MR) is 89.9 cm³/mol. The predicted octanol–water partition coefficient (Wildman–Crippen LogP) is 3.09. The fourth-order valence-corrected chi connectivity index (χ4v) is 3.51. The topological polar surface area (TPSA) is 61.4 Å². The molecule has 2 amide bonds. The van der Waals surface area contributed by atoms with Crippen molar-refractivity contribution in [2.75, 3.05) is 13.1 Å². The molecular weight excluding hydrogens is 327 g/mol.